The van der Waals surface area contributed by atoms with E-state index in [0.717, 1.165) is 0 Å². The first-order valence-electron chi connectivity index (χ1n) is 6.91. The molecule has 1 aliphatic rings. The number of nitrogens with one attached hydrogen (secondary N) is 1. The zero-order valence-corrected chi connectivity index (χ0v) is 13.0. The fourth-order valence-corrected chi connectivity index (χ4v) is 2.83. The summed E-state index contributed by atoms with van der Waals surface area (Å²) in [7, 11) is 0. The summed E-state index contributed by atoms with van der Waals surface area (Å²) in [4.78, 5) is 10.8. The molecule has 1 saturated carbocycles. The average molecular weight is 347 g/mol. The Labute approximate surface area is 131 Å². The Bertz CT molecular complexity index is 684. The number of nitro groups is 1. The quantitative estimate of drug-likeness (QED) is 0.622. The van der Waals surface area contributed by atoms with Crippen molar-refractivity contribution in [2.24, 2.45) is 0 Å². The van der Waals surface area contributed by atoms with E-state index >= 15 is 0 Å². The molecule has 1 aliphatic carbocycles. The van der Waals surface area contributed by atoms with Gasteiger partial charge in [-0.2, -0.15) is 0 Å². The number of nitrogens with zero attached hydrogens (tertiary/aromatic N) is 1. The Morgan fingerprint density at radius 2 is 2.00 bits per heavy atom. The summed E-state index contributed by atoms with van der Waals surface area (Å²) in [5, 5.41) is 14.3. The molecular weight excluding hydrogens is 332 g/mol. The molecule has 0 spiro atoms. The lowest BCUT2D eigenvalue weighted by molar-refractivity contribution is -0.384. The fourth-order valence-electron chi connectivity index (χ4n) is 2.48. The van der Waals surface area contributed by atoms with Gasteiger partial charge in [0.25, 0.3) is 5.69 Å². The molecule has 21 heavy (non-hydrogen) atoms. The Morgan fingerprint density at radius 1 is 1.24 bits per heavy atom. The van der Waals surface area contributed by atoms with Crippen LogP contribution in [0.4, 0.5) is 11.4 Å². The van der Waals surface area contributed by atoms with Gasteiger partial charge in [-0.25, -0.2) is 0 Å². The number of anilines is 1. The summed E-state index contributed by atoms with van der Waals surface area (Å²) < 4.78 is 0.707. The van der Waals surface area contributed by atoms with Gasteiger partial charge in [0.05, 0.1) is 4.92 Å². The zero-order valence-electron chi connectivity index (χ0n) is 11.4. The van der Waals surface area contributed by atoms with Crippen LogP contribution in [0.2, 0.25) is 0 Å². The number of hydrogen-bond donors (Lipinski definition) is 1. The predicted octanol–water partition coefficient (Wildman–Crippen LogP) is 4.85. The molecule has 1 fully saturated rings. The minimum atomic E-state index is -0.361. The van der Waals surface area contributed by atoms with Crippen LogP contribution in [-0.2, 0) is 6.54 Å². The minimum absolute atomic E-state index is 0.0910. The van der Waals surface area contributed by atoms with E-state index in [9.17, 15) is 10.1 Å². The average Bonchev–Trinajstić information content (AvgIpc) is 3.30. The van der Waals surface area contributed by atoms with Crippen LogP contribution in [0.3, 0.4) is 0 Å². The number of nitro benzene ring substituents is 1. The van der Waals surface area contributed by atoms with Crippen LogP contribution in [0.5, 0.6) is 0 Å². The van der Waals surface area contributed by atoms with Crippen LogP contribution in [0.1, 0.15) is 29.9 Å². The van der Waals surface area contributed by atoms with E-state index in [0.29, 0.717) is 22.6 Å². The van der Waals surface area contributed by atoms with Crippen LogP contribution in [0.25, 0.3) is 0 Å². The van der Waals surface area contributed by atoms with E-state index in [4.69, 9.17) is 0 Å². The summed E-state index contributed by atoms with van der Waals surface area (Å²) >= 11 is 3.27. The van der Waals surface area contributed by atoms with Gasteiger partial charge in [-0.15, -0.1) is 0 Å². The molecule has 108 valence electrons. The molecule has 0 aliphatic heterocycles. The van der Waals surface area contributed by atoms with E-state index in [-0.39, 0.29) is 10.6 Å². The first-order valence-corrected chi connectivity index (χ1v) is 7.70. The summed E-state index contributed by atoms with van der Waals surface area (Å²) in [5.41, 5.74) is 3.23. The van der Waals surface area contributed by atoms with Gasteiger partial charge in [0.2, 0.25) is 0 Å². The molecule has 4 nitrogen and oxygen atoms in total. The van der Waals surface area contributed by atoms with Gasteiger partial charge < -0.3 is 5.32 Å². The molecule has 0 atom stereocenters. The number of halogens is 1. The predicted molar refractivity (Wildman–Crippen MR) is 86.5 cm³/mol. The molecule has 1 N–H and O–H groups in total. The Hall–Kier alpha value is -1.88. The van der Waals surface area contributed by atoms with Crippen molar-refractivity contribution in [3.05, 3.63) is 68.2 Å². The van der Waals surface area contributed by atoms with Crippen molar-refractivity contribution in [3.63, 3.8) is 0 Å². The highest BCUT2D eigenvalue weighted by atomic mass is 79.9. The van der Waals surface area contributed by atoms with Crippen molar-refractivity contribution < 1.29 is 4.92 Å². The first kappa shape index (κ1) is 14.1. The smallest absolute Gasteiger partial charge is 0.293 e. The Balaban J connectivity index is 1.81. The Kier molecular flexibility index (Phi) is 3.92. The van der Waals surface area contributed by atoms with Crippen LogP contribution in [-0.4, -0.2) is 4.92 Å². The van der Waals surface area contributed by atoms with Gasteiger partial charge in [-0.1, -0.05) is 40.2 Å². The third-order valence-corrected chi connectivity index (χ3v) is 4.19. The van der Waals surface area contributed by atoms with Crippen molar-refractivity contribution in [3.8, 4) is 0 Å². The van der Waals surface area contributed by atoms with Crippen LogP contribution in [0, 0.1) is 10.1 Å². The van der Waals surface area contributed by atoms with Crippen LogP contribution in [0.15, 0.2) is 46.9 Å². The maximum atomic E-state index is 11.1. The third kappa shape index (κ3) is 3.24. The van der Waals surface area contributed by atoms with Crippen molar-refractivity contribution in [1.82, 2.24) is 0 Å². The van der Waals surface area contributed by atoms with Gasteiger partial charge in [0.1, 0.15) is 5.69 Å². The van der Waals surface area contributed by atoms with Gasteiger partial charge >= 0.3 is 0 Å². The van der Waals surface area contributed by atoms with Crippen molar-refractivity contribution in [1.29, 1.82) is 0 Å². The number of benzene rings is 2. The molecule has 3 rings (SSSR count). The van der Waals surface area contributed by atoms with Crippen molar-refractivity contribution in [2.45, 2.75) is 25.3 Å². The zero-order chi connectivity index (χ0) is 14.8. The van der Waals surface area contributed by atoms with E-state index < -0.39 is 0 Å². The molecule has 0 unspecified atom stereocenters. The third-order valence-electron chi connectivity index (χ3n) is 3.70. The first-order chi connectivity index (χ1) is 10.1. The SMILES string of the molecule is O=[N+]([O-])c1cc(Br)ccc1NCc1ccccc1C1CC1. The maximum Gasteiger partial charge on any atom is 0.293 e. The highest BCUT2D eigenvalue weighted by Crippen LogP contribution is 2.41. The normalized spacial score (nSPS) is 14.0. The molecule has 0 aromatic heterocycles. The lowest BCUT2D eigenvalue weighted by Crippen LogP contribution is -2.04. The maximum absolute atomic E-state index is 11.1. The summed E-state index contributed by atoms with van der Waals surface area (Å²) in [6.45, 7) is 0.606. The Morgan fingerprint density at radius 3 is 2.71 bits per heavy atom. The summed E-state index contributed by atoms with van der Waals surface area (Å²) in [5.74, 6) is 0.669. The van der Waals surface area contributed by atoms with E-state index in [1.165, 1.54) is 30.0 Å². The molecule has 2 aromatic rings. The van der Waals surface area contributed by atoms with E-state index in [1.807, 2.05) is 12.1 Å². The molecule has 2 aromatic carbocycles. The second-order valence-electron chi connectivity index (χ2n) is 5.25. The highest BCUT2D eigenvalue weighted by molar-refractivity contribution is 9.10. The topological polar surface area (TPSA) is 55.2 Å². The standard InChI is InChI=1S/C16H15BrN2O2/c17-13-7-8-15(16(9-13)19(20)21)18-10-12-3-1-2-4-14(12)11-5-6-11/h1-4,7-9,11,18H,5-6,10H2. The summed E-state index contributed by atoms with van der Waals surface area (Å²) in [6.07, 6.45) is 2.49. The lowest BCUT2D eigenvalue weighted by atomic mass is 10.0. The molecule has 5 heteroatoms. The van der Waals surface area contributed by atoms with Crippen molar-refractivity contribution in [2.75, 3.05) is 5.32 Å². The molecule has 0 amide bonds. The fraction of sp³-hybridized carbons (Fsp3) is 0.250. The molecule has 0 radical (unpaired) electrons. The molecule has 0 bridgehead atoms. The van der Waals surface area contributed by atoms with Crippen LogP contribution < -0.4 is 5.32 Å². The number of rotatable bonds is 5. The number of hydrogen-bond acceptors (Lipinski definition) is 3. The molecule has 0 heterocycles. The summed E-state index contributed by atoms with van der Waals surface area (Å²) in [6, 6.07) is 13.4. The minimum Gasteiger partial charge on any atom is -0.375 e. The lowest BCUT2D eigenvalue weighted by Gasteiger charge is -2.11. The van der Waals surface area contributed by atoms with E-state index in [2.05, 4.69) is 39.4 Å². The van der Waals surface area contributed by atoms with Gasteiger partial charge in [-0.3, -0.25) is 10.1 Å². The van der Waals surface area contributed by atoms with E-state index in [1.54, 1.807) is 6.07 Å². The van der Waals surface area contributed by atoms with Gasteiger partial charge in [0, 0.05) is 17.1 Å². The second-order valence-corrected chi connectivity index (χ2v) is 6.16. The molecular formula is C16H15BrN2O2. The van der Waals surface area contributed by atoms with Crippen LogP contribution >= 0.6 is 15.9 Å². The monoisotopic (exact) mass is 346 g/mol. The largest absolute Gasteiger partial charge is 0.375 e. The van der Waals surface area contributed by atoms with Crippen molar-refractivity contribution >= 4 is 27.3 Å². The highest BCUT2D eigenvalue weighted by Gasteiger charge is 2.25. The van der Waals surface area contributed by atoms with Gasteiger partial charge in [0.15, 0.2) is 0 Å². The molecule has 0 saturated heterocycles. The second kappa shape index (κ2) is 5.85. The van der Waals surface area contributed by atoms with Gasteiger partial charge in [-0.05, 0) is 42.0 Å².